The highest BCUT2D eigenvalue weighted by Crippen LogP contribution is 2.57. The van der Waals surface area contributed by atoms with Crippen LogP contribution in [0.15, 0.2) is 261 Å². The maximum absolute atomic E-state index is 6.60. The van der Waals surface area contributed by atoms with E-state index in [-0.39, 0.29) is 0 Å². The van der Waals surface area contributed by atoms with Gasteiger partial charge in [0.05, 0.1) is 10.8 Å². The molecule has 0 atom stereocenters. The first-order chi connectivity index (χ1) is 32.2. The minimum atomic E-state index is -0.586. The van der Waals surface area contributed by atoms with Crippen LogP contribution in [0.25, 0.3) is 33.9 Å². The highest BCUT2D eigenvalue weighted by molar-refractivity contribution is 5.92. The van der Waals surface area contributed by atoms with Crippen LogP contribution in [0.1, 0.15) is 61.2 Å². The van der Waals surface area contributed by atoms with E-state index in [2.05, 4.69) is 267 Å². The molecule has 2 aliphatic rings. The molecule has 0 N–H and O–H groups in total. The molecule has 0 saturated carbocycles. The van der Waals surface area contributed by atoms with Crippen LogP contribution >= 0.6 is 0 Å². The Morgan fingerprint density at radius 2 is 0.723 bits per heavy atom. The third-order valence-corrected chi connectivity index (χ3v) is 13.7. The molecule has 12 rings (SSSR count). The van der Waals surface area contributed by atoms with E-state index in [1.807, 2.05) is 0 Å². The summed E-state index contributed by atoms with van der Waals surface area (Å²) in [5, 5.41) is 0. The lowest BCUT2D eigenvalue weighted by Crippen LogP contribution is -2.34. The van der Waals surface area contributed by atoms with Crippen molar-refractivity contribution in [3.8, 4) is 33.8 Å². The number of para-hydroxylation sites is 2. The minimum absolute atomic E-state index is 0.525. The largest absolute Gasteiger partial charge is 0.457 e. The van der Waals surface area contributed by atoms with E-state index in [4.69, 9.17) is 4.74 Å². The average Bonchev–Trinajstić information content (AvgIpc) is 3.69. The Morgan fingerprint density at radius 3 is 1.32 bits per heavy atom. The number of rotatable bonds is 8. The van der Waals surface area contributed by atoms with Crippen molar-refractivity contribution in [2.45, 2.75) is 10.8 Å². The zero-order valence-corrected chi connectivity index (χ0v) is 35.8. The molecule has 0 unspecified atom stereocenters. The van der Waals surface area contributed by atoms with Gasteiger partial charge in [0.15, 0.2) is 0 Å². The first kappa shape index (κ1) is 38.4. The quantitative estimate of drug-likeness (QED) is 0.139. The Kier molecular flexibility index (Phi) is 9.35. The molecule has 0 saturated heterocycles. The summed E-state index contributed by atoms with van der Waals surface area (Å²) < 4.78 is 6.60. The van der Waals surface area contributed by atoms with E-state index in [0.717, 1.165) is 44.9 Å². The third kappa shape index (κ3) is 6.15. The summed E-state index contributed by atoms with van der Waals surface area (Å²) >= 11 is 0. The average molecular weight is 829 g/mol. The van der Waals surface area contributed by atoms with Crippen molar-refractivity contribution in [3.05, 3.63) is 322 Å². The van der Waals surface area contributed by atoms with Gasteiger partial charge in [-0.25, -0.2) is 0 Å². The summed E-state index contributed by atoms with van der Waals surface area (Å²) in [5.41, 5.74) is 18.2. The molecule has 0 spiro atoms. The van der Waals surface area contributed by atoms with Gasteiger partial charge in [-0.15, -0.1) is 0 Å². The molecule has 0 aromatic heterocycles. The third-order valence-electron chi connectivity index (χ3n) is 13.7. The molecule has 10 aromatic carbocycles. The summed E-state index contributed by atoms with van der Waals surface area (Å²) in [5.74, 6) is 1.75. The first-order valence-corrected chi connectivity index (χ1v) is 22.5. The second kappa shape index (κ2) is 15.8. The summed E-state index contributed by atoms with van der Waals surface area (Å²) in [4.78, 5) is 0. The van der Waals surface area contributed by atoms with Gasteiger partial charge in [0.25, 0.3) is 0 Å². The molecule has 1 aliphatic heterocycles. The fourth-order valence-electron chi connectivity index (χ4n) is 10.9. The Morgan fingerprint density at radius 1 is 0.308 bits per heavy atom. The predicted octanol–water partition coefficient (Wildman–Crippen LogP) is 15.8. The number of hydrogen-bond donors (Lipinski definition) is 0. The molecule has 1 heterocycles. The Bertz CT molecular complexity index is 3270. The summed E-state index contributed by atoms with van der Waals surface area (Å²) in [6.07, 6.45) is 2.37. The van der Waals surface area contributed by atoms with Gasteiger partial charge in [-0.1, -0.05) is 249 Å². The van der Waals surface area contributed by atoms with Gasteiger partial charge >= 0.3 is 0 Å². The summed E-state index contributed by atoms with van der Waals surface area (Å²) in [6, 6.07) is 95.1. The zero-order chi connectivity index (χ0) is 43.2. The zero-order valence-electron chi connectivity index (χ0n) is 35.8. The fraction of sp³-hybridized carbons (Fsp3) is 0.0312. The van der Waals surface area contributed by atoms with Crippen molar-refractivity contribution in [1.29, 1.82) is 0 Å². The lowest BCUT2D eigenvalue weighted by atomic mass is 9.63. The maximum Gasteiger partial charge on any atom is 0.132 e. The lowest BCUT2D eigenvalue weighted by molar-refractivity contribution is 0.434. The van der Waals surface area contributed by atoms with Crippen molar-refractivity contribution < 1.29 is 4.74 Å². The van der Waals surface area contributed by atoms with Crippen LogP contribution in [-0.4, -0.2) is 0 Å². The molecule has 306 valence electrons. The SMILES string of the molecule is C(=C(/c1ccccc1)c1ccc(C2(c3ccccc3)c3ccccc3Oc3ccccc32)cc1)/c1cccc(C2(c3ccc(-c4ccccc4)cc3)c3ccccc3-c3ccccc32)c1. The maximum atomic E-state index is 6.60. The van der Waals surface area contributed by atoms with Gasteiger partial charge in [0.1, 0.15) is 11.5 Å². The van der Waals surface area contributed by atoms with Crippen LogP contribution in [0.5, 0.6) is 11.5 Å². The van der Waals surface area contributed by atoms with E-state index >= 15 is 0 Å². The van der Waals surface area contributed by atoms with Gasteiger partial charge in [0, 0.05) is 11.1 Å². The second-order valence-electron chi connectivity index (χ2n) is 17.1. The molecular weight excluding hydrogens is 785 g/mol. The van der Waals surface area contributed by atoms with Crippen molar-refractivity contribution in [1.82, 2.24) is 0 Å². The monoisotopic (exact) mass is 828 g/mol. The second-order valence-corrected chi connectivity index (χ2v) is 17.1. The van der Waals surface area contributed by atoms with Crippen molar-refractivity contribution in [3.63, 3.8) is 0 Å². The molecule has 0 fully saturated rings. The molecule has 1 aliphatic carbocycles. The van der Waals surface area contributed by atoms with Crippen LogP contribution in [0.4, 0.5) is 0 Å². The Hall–Kier alpha value is -8.26. The van der Waals surface area contributed by atoms with Crippen molar-refractivity contribution in [2.75, 3.05) is 0 Å². The topological polar surface area (TPSA) is 9.23 Å². The van der Waals surface area contributed by atoms with Gasteiger partial charge in [0.2, 0.25) is 0 Å². The van der Waals surface area contributed by atoms with E-state index in [9.17, 15) is 0 Å². The predicted molar refractivity (Wildman–Crippen MR) is 267 cm³/mol. The minimum Gasteiger partial charge on any atom is -0.457 e. The van der Waals surface area contributed by atoms with Crippen LogP contribution in [0.3, 0.4) is 0 Å². The van der Waals surface area contributed by atoms with Gasteiger partial charge < -0.3 is 4.74 Å². The van der Waals surface area contributed by atoms with Crippen LogP contribution < -0.4 is 4.74 Å². The number of ether oxygens (including phenoxy) is 1. The summed E-state index contributed by atoms with van der Waals surface area (Å²) in [7, 11) is 0. The van der Waals surface area contributed by atoms with Crippen molar-refractivity contribution >= 4 is 11.6 Å². The highest BCUT2D eigenvalue weighted by atomic mass is 16.5. The highest BCUT2D eigenvalue weighted by Gasteiger charge is 2.47. The number of benzene rings is 10. The first-order valence-electron chi connectivity index (χ1n) is 22.5. The Labute approximate surface area is 381 Å². The molecule has 0 bridgehead atoms. The normalized spacial score (nSPS) is 14.0. The number of hydrogen-bond acceptors (Lipinski definition) is 1. The fourth-order valence-corrected chi connectivity index (χ4v) is 10.9. The summed E-state index contributed by atoms with van der Waals surface area (Å²) in [6.45, 7) is 0. The lowest BCUT2D eigenvalue weighted by Gasteiger charge is -2.41. The van der Waals surface area contributed by atoms with Crippen LogP contribution in [0.2, 0.25) is 0 Å². The van der Waals surface area contributed by atoms with Gasteiger partial charge in [-0.3, -0.25) is 0 Å². The molecule has 0 radical (unpaired) electrons. The molecule has 65 heavy (non-hydrogen) atoms. The van der Waals surface area contributed by atoms with Gasteiger partial charge in [-0.2, -0.15) is 0 Å². The van der Waals surface area contributed by atoms with Crippen molar-refractivity contribution in [2.24, 2.45) is 0 Å². The smallest absolute Gasteiger partial charge is 0.132 e. The molecule has 10 aromatic rings. The Balaban J connectivity index is 1.03. The van der Waals surface area contributed by atoms with Crippen LogP contribution in [0, 0.1) is 0 Å². The van der Waals surface area contributed by atoms with Crippen LogP contribution in [-0.2, 0) is 10.8 Å². The van der Waals surface area contributed by atoms with E-state index < -0.39 is 10.8 Å². The molecule has 1 heteroatoms. The standard InChI is InChI=1S/C64H44O/c1-4-20-46(21-5-1)47-35-39-52(40-36-47)64(57-29-12-10-27-54(57)55-28-11-13-30-58(55)64)53-26-18-19-45(43-53)44-56(48-22-6-2-7-23-48)49-37-41-51(42-38-49)63(50-24-8-3-9-25-50)59-31-14-16-33-61(59)65-62-34-17-15-32-60(62)63/h1-44H/b56-44+. The van der Waals surface area contributed by atoms with Gasteiger partial charge in [-0.05, 0) is 96.1 Å². The van der Waals surface area contributed by atoms with E-state index in [1.54, 1.807) is 0 Å². The number of fused-ring (bicyclic) bond motifs is 5. The molecular formula is C64H44O. The molecule has 0 amide bonds. The molecule has 1 nitrogen and oxygen atoms in total. The van der Waals surface area contributed by atoms with E-state index in [1.165, 1.54) is 55.6 Å². The van der Waals surface area contributed by atoms with E-state index in [0.29, 0.717) is 0 Å².